The number of allylic oxidation sites excluding steroid dienone is 1. The quantitative estimate of drug-likeness (QED) is 0.629. The van der Waals surface area contributed by atoms with Gasteiger partial charge in [0.05, 0.1) is 14.2 Å². The van der Waals surface area contributed by atoms with Gasteiger partial charge in [-0.05, 0) is 24.0 Å². The summed E-state index contributed by atoms with van der Waals surface area (Å²) < 4.78 is 23.9. The van der Waals surface area contributed by atoms with E-state index in [4.69, 9.17) is 0 Å². The summed E-state index contributed by atoms with van der Waals surface area (Å²) in [6.45, 7) is 0. The van der Waals surface area contributed by atoms with E-state index in [1.807, 2.05) is 6.07 Å². The summed E-state index contributed by atoms with van der Waals surface area (Å²) in [4.78, 5) is 23.9. The Morgan fingerprint density at radius 1 is 1.10 bits per heavy atom. The van der Waals surface area contributed by atoms with E-state index in [1.165, 1.54) is 0 Å². The van der Waals surface area contributed by atoms with Crippen molar-refractivity contribution >= 4 is 17.5 Å². The largest absolute Gasteiger partial charge is 0.468 e. The minimum absolute atomic E-state index is 0.0163. The Bertz CT molecular complexity index is 546. The standard InChI is InChI=1S/C15H15FO4/c1-19-13(17)15(14(18)20-2)9-8-11(12(15)16)10-6-4-3-5-7-10/h3-7H,8-9H2,1-2H3. The van der Waals surface area contributed by atoms with Crippen molar-refractivity contribution in [3.63, 3.8) is 0 Å². The third kappa shape index (κ3) is 1.99. The molecule has 0 heterocycles. The zero-order valence-corrected chi connectivity index (χ0v) is 11.3. The van der Waals surface area contributed by atoms with Gasteiger partial charge in [0.2, 0.25) is 5.41 Å². The average molecular weight is 278 g/mol. The highest BCUT2D eigenvalue weighted by atomic mass is 19.1. The normalized spacial score (nSPS) is 16.9. The van der Waals surface area contributed by atoms with E-state index >= 15 is 0 Å². The van der Waals surface area contributed by atoms with Crippen LogP contribution in [0, 0.1) is 5.41 Å². The van der Waals surface area contributed by atoms with E-state index in [-0.39, 0.29) is 12.8 Å². The van der Waals surface area contributed by atoms with Crippen LogP contribution in [0.25, 0.3) is 5.57 Å². The highest BCUT2D eigenvalue weighted by Gasteiger charge is 2.56. The monoisotopic (exact) mass is 278 g/mol. The summed E-state index contributed by atoms with van der Waals surface area (Å²) in [5, 5.41) is 0. The maximum Gasteiger partial charge on any atom is 0.330 e. The minimum atomic E-state index is -1.96. The van der Waals surface area contributed by atoms with Crippen molar-refractivity contribution in [1.29, 1.82) is 0 Å². The van der Waals surface area contributed by atoms with Crippen LogP contribution in [0.3, 0.4) is 0 Å². The number of hydrogen-bond acceptors (Lipinski definition) is 4. The van der Waals surface area contributed by atoms with E-state index in [0.717, 1.165) is 14.2 Å². The van der Waals surface area contributed by atoms with Gasteiger partial charge in [-0.25, -0.2) is 4.39 Å². The van der Waals surface area contributed by atoms with Crippen LogP contribution >= 0.6 is 0 Å². The average Bonchev–Trinajstić information content (AvgIpc) is 2.85. The molecule has 0 spiro atoms. The van der Waals surface area contributed by atoms with Gasteiger partial charge in [-0.2, -0.15) is 0 Å². The van der Waals surface area contributed by atoms with Gasteiger partial charge in [-0.15, -0.1) is 0 Å². The fraction of sp³-hybridized carbons (Fsp3) is 0.333. The molecule has 5 heteroatoms. The predicted octanol–water partition coefficient (Wildman–Crippen LogP) is 2.49. The lowest BCUT2D eigenvalue weighted by Gasteiger charge is -2.22. The Labute approximate surface area is 116 Å². The highest BCUT2D eigenvalue weighted by molar-refractivity contribution is 6.06. The second-order valence-corrected chi connectivity index (χ2v) is 4.55. The molecule has 0 saturated heterocycles. The third-order valence-electron chi connectivity index (χ3n) is 3.58. The fourth-order valence-electron chi connectivity index (χ4n) is 2.52. The Kier molecular flexibility index (Phi) is 3.88. The molecule has 1 aromatic carbocycles. The number of methoxy groups -OCH3 is 2. The van der Waals surface area contributed by atoms with Crippen molar-refractivity contribution < 1.29 is 23.5 Å². The first-order valence-electron chi connectivity index (χ1n) is 6.19. The number of carbonyl (C=O) groups excluding carboxylic acids is 2. The molecule has 0 aliphatic heterocycles. The van der Waals surface area contributed by atoms with Crippen LogP contribution in [0.15, 0.2) is 36.2 Å². The summed E-state index contributed by atoms with van der Waals surface area (Å²) in [6.07, 6.45) is 0.294. The fourth-order valence-corrected chi connectivity index (χ4v) is 2.52. The number of ether oxygens (including phenoxy) is 2. The zero-order chi connectivity index (χ0) is 14.8. The van der Waals surface area contributed by atoms with Crippen LogP contribution in [-0.2, 0) is 19.1 Å². The van der Waals surface area contributed by atoms with Crippen LogP contribution in [0.1, 0.15) is 18.4 Å². The van der Waals surface area contributed by atoms with Crippen molar-refractivity contribution in [3.8, 4) is 0 Å². The van der Waals surface area contributed by atoms with Crippen molar-refractivity contribution in [2.45, 2.75) is 12.8 Å². The molecule has 0 saturated carbocycles. The summed E-state index contributed by atoms with van der Waals surface area (Å²) in [5.74, 6) is -2.62. The topological polar surface area (TPSA) is 52.6 Å². The van der Waals surface area contributed by atoms with E-state index < -0.39 is 23.2 Å². The summed E-state index contributed by atoms with van der Waals surface area (Å²) in [7, 11) is 2.25. The third-order valence-corrected chi connectivity index (χ3v) is 3.58. The minimum Gasteiger partial charge on any atom is -0.468 e. The van der Waals surface area contributed by atoms with Gasteiger partial charge in [-0.1, -0.05) is 30.3 Å². The number of carbonyl (C=O) groups is 2. The molecule has 1 aliphatic rings. The van der Waals surface area contributed by atoms with Crippen LogP contribution in [0.4, 0.5) is 4.39 Å². The Morgan fingerprint density at radius 2 is 1.65 bits per heavy atom. The van der Waals surface area contributed by atoms with Gasteiger partial charge < -0.3 is 9.47 Å². The van der Waals surface area contributed by atoms with Crippen LogP contribution in [0.2, 0.25) is 0 Å². The second kappa shape index (κ2) is 5.45. The number of esters is 2. The molecule has 0 fully saturated rings. The van der Waals surface area contributed by atoms with Gasteiger partial charge >= 0.3 is 11.9 Å². The van der Waals surface area contributed by atoms with E-state index in [2.05, 4.69) is 9.47 Å². The maximum absolute atomic E-state index is 14.7. The lowest BCUT2D eigenvalue weighted by Crippen LogP contribution is -2.40. The number of halogens is 1. The van der Waals surface area contributed by atoms with Crippen LogP contribution in [-0.4, -0.2) is 26.2 Å². The summed E-state index contributed by atoms with van der Waals surface area (Å²) in [5.41, 5.74) is -0.963. The zero-order valence-electron chi connectivity index (χ0n) is 11.3. The Morgan fingerprint density at radius 3 is 2.15 bits per heavy atom. The lowest BCUT2D eigenvalue weighted by atomic mass is 9.86. The first-order chi connectivity index (χ1) is 9.57. The molecule has 0 unspecified atom stereocenters. The molecule has 1 aromatic rings. The van der Waals surface area contributed by atoms with Crippen molar-refractivity contribution in [2.75, 3.05) is 14.2 Å². The molecule has 20 heavy (non-hydrogen) atoms. The number of rotatable bonds is 3. The van der Waals surface area contributed by atoms with Gasteiger partial charge in [0.25, 0.3) is 0 Å². The lowest BCUT2D eigenvalue weighted by molar-refractivity contribution is -0.166. The molecule has 0 aromatic heterocycles. The second-order valence-electron chi connectivity index (χ2n) is 4.55. The van der Waals surface area contributed by atoms with Crippen LogP contribution in [0.5, 0.6) is 0 Å². The molecule has 0 amide bonds. The molecule has 0 radical (unpaired) electrons. The molecular weight excluding hydrogens is 263 g/mol. The molecule has 2 rings (SSSR count). The van der Waals surface area contributed by atoms with Crippen LogP contribution < -0.4 is 0 Å². The van der Waals surface area contributed by atoms with Crippen molar-refractivity contribution in [2.24, 2.45) is 5.41 Å². The summed E-state index contributed by atoms with van der Waals surface area (Å²) in [6, 6.07) is 8.82. The first-order valence-corrected chi connectivity index (χ1v) is 6.19. The molecule has 0 atom stereocenters. The smallest absolute Gasteiger partial charge is 0.330 e. The van der Waals surface area contributed by atoms with Crippen molar-refractivity contribution in [3.05, 3.63) is 41.7 Å². The van der Waals surface area contributed by atoms with Gasteiger partial charge in [0, 0.05) is 0 Å². The number of hydrogen-bond donors (Lipinski definition) is 0. The highest BCUT2D eigenvalue weighted by Crippen LogP contribution is 2.49. The predicted molar refractivity (Wildman–Crippen MR) is 70.2 cm³/mol. The molecule has 1 aliphatic carbocycles. The van der Waals surface area contributed by atoms with E-state index in [1.54, 1.807) is 24.3 Å². The van der Waals surface area contributed by atoms with E-state index in [9.17, 15) is 14.0 Å². The SMILES string of the molecule is COC(=O)C1(C(=O)OC)CCC(c2ccccc2)=C1F. The molecule has 0 N–H and O–H groups in total. The molecule has 4 nitrogen and oxygen atoms in total. The van der Waals surface area contributed by atoms with Crippen molar-refractivity contribution in [1.82, 2.24) is 0 Å². The first kappa shape index (κ1) is 14.2. The van der Waals surface area contributed by atoms with Gasteiger partial charge in [0.15, 0.2) is 0 Å². The van der Waals surface area contributed by atoms with Gasteiger partial charge in [-0.3, -0.25) is 9.59 Å². The molecule has 106 valence electrons. The summed E-state index contributed by atoms with van der Waals surface area (Å²) >= 11 is 0. The molecular formula is C15H15FO4. The Hall–Kier alpha value is -2.17. The number of benzene rings is 1. The van der Waals surface area contributed by atoms with E-state index in [0.29, 0.717) is 11.1 Å². The van der Waals surface area contributed by atoms with Gasteiger partial charge in [0.1, 0.15) is 5.83 Å². The molecule has 0 bridgehead atoms. The maximum atomic E-state index is 14.7. The Balaban J connectivity index is 2.54.